The Hall–Kier alpha value is -3.66. The van der Waals surface area contributed by atoms with E-state index >= 15 is 0 Å². The Kier molecular flexibility index (Phi) is 5.00. The summed E-state index contributed by atoms with van der Waals surface area (Å²) in [7, 11) is 1.33. The number of amides is 1. The van der Waals surface area contributed by atoms with E-state index in [9.17, 15) is 9.59 Å². The van der Waals surface area contributed by atoms with Crippen molar-refractivity contribution in [1.82, 2.24) is 10.1 Å². The molecule has 1 unspecified atom stereocenters. The molecule has 0 fully saturated rings. The van der Waals surface area contributed by atoms with Crippen molar-refractivity contribution < 1.29 is 18.8 Å². The Morgan fingerprint density at radius 1 is 1.30 bits per heavy atom. The van der Waals surface area contributed by atoms with E-state index < -0.39 is 17.8 Å². The Morgan fingerprint density at radius 3 is 2.67 bits per heavy atom. The number of nitrogens with zero attached hydrogens (tertiary/aromatic N) is 2. The highest BCUT2D eigenvalue weighted by atomic mass is 32.1. The number of hydrogen-bond acceptors (Lipinski definition) is 9. The number of aryl methyl sites for hydroxylation is 1. The molecule has 0 bridgehead atoms. The molecule has 154 valence electrons. The molecule has 4 N–H and O–H groups in total. The number of nitrogens with one attached hydrogen (secondary N) is 2. The molecule has 10 heteroatoms. The van der Waals surface area contributed by atoms with Crippen molar-refractivity contribution in [3.63, 3.8) is 0 Å². The summed E-state index contributed by atoms with van der Waals surface area (Å²) >= 11 is 1.21. The maximum absolute atomic E-state index is 12.9. The normalized spacial score (nSPS) is 15.4. The number of carbonyl (C=O) groups is 2. The van der Waals surface area contributed by atoms with Crippen LogP contribution in [0.2, 0.25) is 0 Å². The van der Waals surface area contributed by atoms with Crippen LogP contribution in [0.15, 0.2) is 46.4 Å². The highest BCUT2D eigenvalue weighted by Gasteiger charge is 2.37. The van der Waals surface area contributed by atoms with Gasteiger partial charge in [-0.25, -0.2) is 4.79 Å². The molecule has 30 heavy (non-hydrogen) atoms. The second-order valence-corrected chi connectivity index (χ2v) is 7.75. The zero-order valence-corrected chi connectivity index (χ0v) is 17.3. The number of methoxy groups -OCH3 is 1. The van der Waals surface area contributed by atoms with Crippen LogP contribution < -0.4 is 16.4 Å². The van der Waals surface area contributed by atoms with Gasteiger partial charge in [0.2, 0.25) is 0 Å². The topological polar surface area (TPSA) is 132 Å². The summed E-state index contributed by atoms with van der Waals surface area (Å²) in [5, 5.41) is 10.4. The first-order valence-electron chi connectivity index (χ1n) is 9.03. The van der Waals surface area contributed by atoms with Gasteiger partial charge in [-0.3, -0.25) is 9.78 Å². The second kappa shape index (κ2) is 7.64. The zero-order chi connectivity index (χ0) is 21.4. The fourth-order valence-corrected chi connectivity index (χ4v) is 4.58. The van der Waals surface area contributed by atoms with E-state index in [1.807, 2.05) is 12.1 Å². The van der Waals surface area contributed by atoms with Crippen LogP contribution in [0, 0.1) is 6.92 Å². The molecular formula is C20H19N5O4S. The summed E-state index contributed by atoms with van der Waals surface area (Å²) in [6, 6.07) is 5.23. The van der Waals surface area contributed by atoms with Crippen molar-refractivity contribution >= 4 is 39.7 Å². The van der Waals surface area contributed by atoms with Gasteiger partial charge in [-0.05, 0) is 31.5 Å². The van der Waals surface area contributed by atoms with E-state index in [1.54, 1.807) is 32.3 Å². The average Bonchev–Trinajstić information content (AvgIpc) is 3.29. The van der Waals surface area contributed by atoms with Crippen molar-refractivity contribution in [2.75, 3.05) is 23.5 Å². The Labute approximate surface area is 175 Å². The molecule has 1 aliphatic rings. The van der Waals surface area contributed by atoms with Gasteiger partial charge in [-0.2, -0.15) is 0 Å². The molecule has 4 heterocycles. The molecule has 0 spiro atoms. The summed E-state index contributed by atoms with van der Waals surface area (Å²) in [5.74, 6) is -0.504. The average molecular weight is 425 g/mol. The van der Waals surface area contributed by atoms with Crippen LogP contribution in [0.25, 0.3) is 0 Å². The molecule has 4 rings (SSSR count). The van der Waals surface area contributed by atoms with Crippen LogP contribution in [0.1, 0.15) is 39.4 Å². The van der Waals surface area contributed by atoms with Gasteiger partial charge in [-0.15, -0.1) is 11.3 Å². The second-order valence-electron chi connectivity index (χ2n) is 6.73. The Bertz CT molecular complexity index is 1170. The number of allylic oxidation sites excluding steroid dienone is 1. The molecule has 9 nitrogen and oxygen atoms in total. The van der Waals surface area contributed by atoms with Crippen molar-refractivity contribution in [2.45, 2.75) is 19.8 Å². The number of nitrogens with two attached hydrogens (primary N) is 1. The van der Waals surface area contributed by atoms with Crippen molar-refractivity contribution in [3.05, 3.63) is 63.6 Å². The number of nitrogen functional groups attached to an aromatic ring is 1. The number of pyridine rings is 1. The number of aromatic nitrogens is 2. The number of thiophene rings is 1. The highest BCUT2D eigenvalue weighted by Crippen LogP contribution is 2.50. The maximum Gasteiger partial charge on any atom is 0.336 e. The molecule has 0 saturated carbocycles. The van der Waals surface area contributed by atoms with Gasteiger partial charge in [0, 0.05) is 35.6 Å². The molecule has 1 aliphatic heterocycles. The smallest absolute Gasteiger partial charge is 0.336 e. The summed E-state index contributed by atoms with van der Waals surface area (Å²) in [5.41, 5.74) is 9.26. The van der Waals surface area contributed by atoms with E-state index in [4.69, 9.17) is 15.0 Å². The third kappa shape index (κ3) is 3.30. The van der Waals surface area contributed by atoms with Gasteiger partial charge in [-0.1, -0.05) is 5.16 Å². The lowest BCUT2D eigenvalue weighted by Gasteiger charge is -2.28. The van der Waals surface area contributed by atoms with Crippen LogP contribution in [-0.4, -0.2) is 29.1 Å². The van der Waals surface area contributed by atoms with Crippen LogP contribution in [0.5, 0.6) is 0 Å². The van der Waals surface area contributed by atoms with E-state index in [-0.39, 0.29) is 5.69 Å². The number of rotatable bonds is 4. The van der Waals surface area contributed by atoms with Crippen molar-refractivity contribution in [2.24, 2.45) is 0 Å². The molecular weight excluding hydrogens is 406 g/mol. The van der Waals surface area contributed by atoms with Gasteiger partial charge in [0.25, 0.3) is 5.91 Å². The van der Waals surface area contributed by atoms with Gasteiger partial charge in [0.05, 0.1) is 23.4 Å². The minimum atomic E-state index is -0.496. The van der Waals surface area contributed by atoms with Crippen molar-refractivity contribution in [3.8, 4) is 0 Å². The first kappa shape index (κ1) is 19.6. The van der Waals surface area contributed by atoms with Crippen LogP contribution in [0.4, 0.5) is 16.5 Å². The number of fused-ring (bicyclic) bond motifs is 1. The molecule has 0 radical (unpaired) electrons. The summed E-state index contributed by atoms with van der Waals surface area (Å²) in [6.07, 6.45) is 3.29. The Morgan fingerprint density at radius 2 is 2.03 bits per heavy atom. The maximum atomic E-state index is 12.9. The van der Waals surface area contributed by atoms with Crippen LogP contribution in [-0.2, 0) is 9.53 Å². The summed E-state index contributed by atoms with van der Waals surface area (Å²) < 4.78 is 10.0. The van der Waals surface area contributed by atoms with E-state index in [0.717, 1.165) is 5.56 Å². The highest BCUT2D eigenvalue weighted by molar-refractivity contribution is 7.19. The molecule has 3 aromatic heterocycles. The fraction of sp³-hybridized carbons (Fsp3) is 0.200. The van der Waals surface area contributed by atoms with Crippen LogP contribution >= 0.6 is 11.3 Å². The lowest BCUT2D eigenvalue weighted by atomic mass is 9.82. The predicted octanol–water partition coefficient (Wildman–Crippen LogP) is 3.28. The number of hydrogen-bond donors (Lipinski definition) is 3. The zero-order valence-electron chi connectivity index (χ0n) is 16.5. The van der Waals surface area contributed by atoms with Crippen LogP contribution in [0.3, 0.4) is 0 Å². The van der Waals surface area contributed by atoms with Crippen molar-refractivity contribution in [1.29, 1.82) is 0 Å². The minimum Gasteiger partial charge on any atom is -0.466 e. The third-order valence-electron chi connectivity index (χ3n) is 4.79. The van der Waals surface area contributed by atoms with Gasteiger partial charge >= 0.3 is 5.97 Å². The van der Waals surface area contributed by atoms with Gasteiger partial charge in [0.1, 0.15) is 10.6 Å². The first-order valence-corrected chi connectivity index (χ1v) is 9.85. The quantitative estimate of drug-likeness (QED) is 0.543. The monoisotopic (exact) mass is 425 g/mol. The fourth-order valence-electron chi connectivity index (χ4n) is 3.47. The standard InChI is InChI=1S/C20H19N5O4S/c1-9-8-12(25-29-9)24-18(26)17-16(21)15-14(11-4-6-22-7-5-11)13(20(27)28-3)10(2)23-19(15)30-17/h4-8,14,23H,21H2,1-3H3,(H,24,25,26). The molecule has 0 saturated heterocycles. The number of ether oxygens (including phenoxy) is 1. The third-order valence-corrected chi connectivity index (χ3v) is 5.92. The SMILES string of the molecule is COC(=O)C1=C(C)Nc2sc(C(=O)Nc3cc(C)on3)c(N)c2C1c1ccncc1. The summed E-state index contributed by atoms with van der Waals surface area (Å²) in [4.78, 5) is 29.8. The number of carbonyl (C=O) groups excluding carboxylic acids is 2. The molecule has 0 aliphatic carbocycles. The predicted molar refractivity (Wildman–Crippen MR) is 112 cm³/mol. The first-order chi connectivity index (χ1) is 14.4. The summed E-state index contributed by atoms with van der Waals surface area (Å²) in [6.45, 7) is 3.52. The number of anilines is 3. The molecule has 1 amide bonds. The minimum absolute atomic E-state index is 0.288. The molecule has 0 aromatic carbocycles. The lowest BCUT2D eigenvalue weighted by molar-refractivity contribution is -0.136. The number of esters is 1. The van der Waals surface area contributed by atoms with E-state index in [0.29, 0.717) is 38.3 Å². The molecule has 3 aromatic rings. The Balaban J connectivity index is 1.80. The largest absolute Gasteiger partial charge is 0.466 e. The lowest BCUT2D eigenvalue weighted by Crippen LogP contribution is -2.23. The molecule has 1 atom stereocenters. The van der Waals surface area contributed by atoms with E-state index in [2.05, 4.69) is 20.8 Å². The van der Waals surface area contributed by atoms with Gasteiger partial charge in [0.15, 0.2) is 5.82 Å². The van der Waals surface area contributed by atoms with Gasteiger partial charge < -0.3 is 25.6 Å². The van der Waals surface area contributed by atoms with E-state index in [1.165, 1.54) is 18.4 Å².